The number of carboxylic acid groups (broad SMARTS) is 1. The first kappa shape index (κ1) is 13.9. The minimum atomic E-state index is -0.944. The summed E-state index contributed by atoms with van der Waals surface area (Å²) >= 11 is 0. The van der Waals surface area contributed by atoms with Gasteiger partial charge in [0.15, 0.2) is 0 Å². The van der Waals surface area contributed by atoms with E-state index in [0.29, 0.717) is 12.8 Å². The lowest BCUT2D eigenvalue weighted by Crippen LogP contribution is -2.32. The van der Waals surface area contributed by atoms with E-state index in [4.69, 9.17) is 10.8 Å². The van der Waals surface area contributed by atoms with Gasteiger partial charge in [-0.1, -0.05) is 19.8 Å². The molecule has 0 saturated carbocycles. The molecule has 1 amide bonds. The Morgan fingerprint density at radius 2 is 2.27 bits per heavy atom. The average Bonchev–Trinajstić information content (AvgIpc) is 2.63. The Kier molecular flexibility index (Phi) is 7.62. The molecule has 1 atom stereocenters. The van der Waals surface area contributed by atoms with Crippen LogP contribution in [0.5, 0.6) is 0 Å². The van der Waals surface area contributed by atoms with Gasteiger partial charge in [0, 0.05) is 6.42 Å². The number of carboxylic acids is 1. The van der Waals surface area contributed by atoms with E-state index in [9.17, 15) is 9.59 Å². The third-order valence-electron chi connectivity index (χ3n) is 2.10. The lowest BCUT2D eigenvalue weighted by molar-refractivity contribution is -0.140. The average molecular weight is 216 g/mol. The first-order valence-electron chi connectivity index (χ1n) is 5.34. The van der Waals surface area contributed by atoms with E-state index < -0.39 is 12.0 Å². The van der Waals surface area contributed by atoms with Crippen molar-refractivity contribution in [1.82, 2.24) is 5.32 Å². The number of aliphatic carboxylic acids is 1. The number of amides is 1. The number of carbonyl (C=O) groups excluding carboxylic acids is 1. The van der Waals surface area contributed by atoms with Gasteiger partial charge in [-0.15, -0.1) is 0 Å². The molecule has 1 saturated heterocycles. The molecule has 0 aliphatic carbocycles. The van der Waals surface area contributed by atoms with Crippen LogP contribution in [0.25, 0.3) is 0 Å². The Labute approximate surface area is 90.0 Å². The van der Waals surface area contributed by atoms with Crippen LogP contribution in [0.15, 0.2) is 0 Å². The van der Waals surface area contributed by atoms with Crippen molar-refractivity contribution in [2.24, 2.45) is 5.73 Å². The van der Waals surface area contributed by atoms with E-state index in [1.807, 2.05) is 0 Å². The summed E-state index contributed by atoms with van der Waals surface area (Å²) in [6.07, 6.45) is 4.52. The summed E-state index contributed by atoms with van der Waals surface area (Å²) in [4.78, 5) is 20.5. The third-order valence-corrected chi connectivity index (χ3v) is 2.10. The molecule has 5 nitrogen and oxygen atoms in total. The maximum atomic E-state index is 10.4. The van der Waals surface area contributed by atoms with Crippen LogP contribution < -0.4 is 11.1 Å². The van der Waals surface area contributed by atoms with Crippen LogP contribution in [0, 0.1) is 0 Å². The van der Waals surface area contributed by atoms with Crippen LogP contribution in [0.1, 0.15) is 39.0 Å². The van der Waals surface area contributed by atoms with Crippen molar-refractivity contribution >= 4 is 11.9 Å². The normalized spacial score (nSPS) is 19.1. The van der Waals surface area contributed by atoms with Gasteiger partial charge in [-0.05, 0) is 19.4 Å². The first-order chi connectivity index (χ1) is 7.11. The van der Waals surface area contributed by atoms with Crippen LogP contribution in [0.3, 0.4) is 0 Å². The molecule has 0 aromatic rings. The lowest BCUT2D eigenvalue weighted by Gasteiger charge is -1.99. The molecule has 4 N–H and O–H groups in total. The Hall–Kier alpha value is -1.10. The molecule has 5 heteroatoms. The van der Waals surface area contributed by atoms with E-state index in [2.05, 4.69) is 12.2 Å². The minimum absolute atomic E-state index is 0.164. The van der Waals surface area contributed by atoms with Crippen molar-refractivity contribution in [1.29, 1.82) is 0 Å². The number of nitrogens with one attached hydrogen (secondary N) is 1. The van der Waals surface area contributed by atoms with E-state index in [1.54, 1.807) is 0 Å². The SMILES string of the molecule is CCCCCN.O=C1CC[C@@H](C(=O)O)N1. The van der Waals surface area contributed by atoms with Gasteiger partial charge in [-0.2, -0.15) is 0 Å². The maximum Gasteiger partial charge on any atom is 0.326 e. The molecule has 1 heterocycles. The summed E-state index contributed by atoms with van der Waals surface area (Å²) in [5, 5.41) is 10.6. The zero-order valence-corrected chi connectivity index (χ0v) is 9.16. The summed E-state index contributed by atoms with van der Waals surface area (Å²) < 4.78 is 0. The van der Waals surface area contributed by atoms with Crippen molar-refractivity contribution in [2.45, 2.75) is 45.1 Å². The van der Waals surface area contributed by atoms with Gasteiger partial charge in [0.1, 0.15) is 6.04 Å². The van der Waals surface area contributed by atoms with Gasteiger partial charge in [-0.3, -0.25) is 4.79 Å². The molecule has 88 valence electrons. The van der Waals surface area contributed by atoms with Crippen LogP contribution in [-0.2, 0) is 9.59 Å². The number of nitrogens with two attached hydrogens (primary N) is 1. The number of unbranched alkanes of at least 4 members (excludes halogenated alkanes) is 2. The molecular weight excluding hydrogens is 196 g/mol. The Morgan fingerprint density at radius 3 is 2.47 bits per heavy atom. The van der Waals surface area contributed by atoms with Crippen LogP contribution in [0.2, 0.25) is 0 Å². The lowest BCUT2D eigenvalue weighted by atomic mass is 10.2. The molecule has 15 heavy (non-hydrogen) atoms. The molecule has 0 bridgehead atoms. The van der Waals surface area contributed by atoms with Crippen molar-refractivity contribution in [3.63, 3.8) is 0 Å². The summed E-state index contributed by atoms with van der Waals surface area (Å²) in [5.74, 6) is -1.11. The predicted molar refractivity (Wildman–Crippen MR) is 57.4 cm³/mol. The molecule has 0 aromatic carbocycles. The largest absolute Gasteiger partial charge is 0.480 e. The molecule has 0 aromatic heterocycles. The fourth-order valence-electron chi connectivity index (χ4n) is 1.19. The van der Waals surface area contributed by atoms with Crippen LogP contribution in [-0.4, -0.2) is 29.6 Å². The standard InChI is InChI=1S/C5H7NO3.C5H13N/c7-4-2-1-3(6-4)5(8)9;1-2-3-4-5-6/h3H,1-2H2,(H,6,7)(H,8,9);2-6H2,1H3/t3-;/m0./s1. The molecule has 0 radical (unpaired) electrons. The fraction of sp³-hybridized carbons (Fsp3) is 0.800. The molecule has 1 fully saturated rings. The highest BCUT2D eigenvalue weighted by molar-refractivity contribution is 5.87. The van der Waals surface area contributed by atoms with E-state index in [1.165, 1.54) is 19.3 Å². The van der Waals surface area contributed by atoms with E-state index in [-0.39, 0.29) is 5.91 Å². The molecule has 0 unspecified atom stereocenters. The van der Waals surface area contributed by atoms with Crippen LogP contribution in [0.4, 0.5) is 0 Å². The van der Waals surface area contributed by atoms with E-state index >= 15 is 0 Å². The highest BCUT2D eigenvalue weighted by Gasteiger charge is 2.26. The third kappa shape index (κ3) is 6.90. The van der Waals surface area contributed by atoms with Gasteiger partial charge in [0.05, 0.1) is 0 Å². The number of carbonyl (C=O) groups is 2. The second kappa shape index (κ2) is 8.23. The smallest absolute Gasteiger partial charge is 0.326 e. The predicted octanol–water partition coefficient (Wildman–Crippen LogP) is 0.485. The van der Waals surface area contributed by atoms with Crippen molar-refractivity contribution < 1.29 is 14.7 Å². The van der Waals surface area contributed by atoms with Crippen molar-refractivity contribution in [2.75, 3.05) is 6.54 Å². The van der Waals surface area contributed by atoms with Gasteiger partial charge in [0.25, 0.3) is 0 Å². The topological polar surface area (TPSA) is 92.4 Å². The van der Waals surface area contributed by atoms with Gasteiger partial charge in [-0.25, -0.2) is 4.79 Å². The summed E-state index contributed by atoms with van der Waals surface area (Å²) in [6, 6.07) is -0.641. The highest BCUT2D eigenvalue weighted by atomic mass is 16.4. The second-order valence-corrected chi connectivity index (χ2v) is 3.49. The highest BCUT2D eigenvalue weighted by Crippen LogP contribution is 2.05. The molecule has 1 rings (SSSR count). The maximum absolute atomic E-state index is 10.4. The van der Waals surface area contributed by atoms with Gasteiger partial charge >= 0.3 is 5.97 Å². The molecule has 1 aliphatic heterocycles. The number of hydrogen-bond donors (Lipinski definition) is 3. The summed E-state index contributed by atoms with van der Waals surface area (Å²) in [6.45, 7) is 3.03. The molecule has 0 spiro atoms. The summed E-state index contributed by atoms with van der Waals surface area (Å²) in [7, 11) is 0. The Morgan fingerprint density at radius 1 is 1.60 bits per heavy atom. The van der Waals surface area contributed by atoms with Crippen molar-refractivity contribution in [3.8, 4) is 0 Å². The van der Waals surface area contributed by atoms with Crippen LogP contribution >= 0.6 is 0 Å². The monoisotopic (exact) mass is 216 g/mol. The van der Waals surface area contributed by atoms with Gasteiger partial charge in [0.2, 0.25) is 5.91 Å². The number of rotatable bonds is 4. The Balaban J connectivity index is 0.000000288. The molecular formula is C10H20N2O3. The Bertz CT molecular complexity index is 203. The quantitative estimate of drug-likeness (QED) is 0.596. The van der Waals surface area contributed by atoms with Crippen molar-refractivity contribution in [3.05, 3.63) is 0 Å². The fourth-order valence-corrected chi connectivity index (χ4v) is 1.19. The zero-order valence-electron chi connectivity index (χ0n) is 9.16. The minimum Gasteiger partial charge on any atom is -0.480 e. The first-order valence-corrected chi connectivity index (χ1v) is 5.34. The van der Waals surface area contributed by atoms with E-state index in [0.717, 1.165) is 6.54 Å². The van der Waals surface area contributed by atoms with Gasteiger partial charge < -0.3 is 16.2 Å². The summed E-state index contributed by atoms with van der Waals surface area (Å²) in [5.41, 5.74) is 5.21. The number of hydrogen-bond acceptors (Lipinski definition) is 3. The second-order valence-electron chi connectivity index (χ2n) is 3.49. The zero-order chi connectivity index (χ0) is 11.7. The molecule has 1 aliphatic rings.